The van der Waals surface area contributed by atoms with Gasteiger partial charge in [0.2, 0.25) is 0 Å². The number of rotatable bonds is 6. The van der Waals surface area contributed by atoms with Gasteiger partial charge in [0.1, 0.15) is 6.10 Å². The lowest BCUT2D eigenvalue weighted by atomic mass is 10.0. The van der Waals surface area contributed by atoms with Crippen molar-refractivity contribution in [1.82, 2.24) is 4.90 Å². The van der Waals surface area contributed by atoms with E-state index in [1.54, 1.807) is 6.34 Å². The monoisotopic (exact) mass is 352 g/mol. The summed E-state index contributed by atoms with van der Waals surface area (Å²) in [5.41, 5.74) is 5.44. The minimum absolute atomic E-state index is 0.293. The van der Waals surface area contributed by atoms with Crippen LogP contribution in [0.1, 0.15) is 52.6 Å². The molecule has 2 rings (SSSR count). The topological polar surface area (TPSA) is 41.9 Å². The first-order valence-corrected chi connectivity index (χ1v) is 8.95. The van der Waals surface area contributed by atoms with Gasteiger partial charge in [-0.1, -0.05) is 29.8 Å². The minimum Gasteiger partial charge on any atom is -0.454 e. The van der Waals surface area contributed by atoms with Crippen LogP contribution in [0.25, 0.3) is 0 Å². The minimum atomic E-state index is -0.306. The highest BCUT2D eigenvalue weighted by Crippen LogP contribution is 2.26. The molecule has 0 aliphatic carbocycles. The van der Waals surface area contributed by atoms with Crippen LogP contribution in [0.5, 0.6) is 0 Å². The van der Waals surface area contributed by atoms with E-state index in [1.165, 1.54) is 5.56 Å². The lowest BCUT2D eigenvalue weighted by Crippen LogP contribution is -2.14. The molecule has 0 bridgehead atoms. The third kappa shape index (κ3) is 4.94. The zero-order valence-corrected chi connectivity index (χ0v) is 16.5. The van der Waals surface area contributed by atoms with Gasteiger partial charge < -0.3 is 9.64 Å². The van der Waals surface area contributed by atoms with Crippen molar-refractivity contribution in [3.05, 3.63) is 64.2 Å². The second kappa shape index (κ2) is 8.65. The molecule has 0 aliphatic heterocycles. The van der Waals surface area contributed by atoms with E-state index in [1.807, 2.05) is 76.0 Å². The van der Waals surface area contributed by atoms with Crippen molar-refractivity contribution in [2.75, 3.05) is 13.6 Å². The molecule has 0 unspecified atom stereocenters. The molecule has 4 nitrogen and oxygen atoms in total. The van der Waals surface area contributed by atoms with Crippen LogP contribution in [0, 0.1) is 20.8 Å². The van der Waals surface area contributed by atoms with Gasteiger partial charge in [0.25, 0.3) is 0 Å². The molecule has 0 saturated carbocycles. The van der Waals surface area contributed by atoms with E-state index in [-0.39, 0.29) is 12.1 Å². The van der Waals surface area contributed by atoms with E-state index in [0.717, 1.165) is 28.9 Å². The average molecular weight is 352 g/mol. The van der Waals surface area contributed by atoms with Crippen LogP contribution >= 0.6 is 0 Å². The molecule has 138 valence electrons. The summed E-state index contributed by atoms with van der Waals surface area (Å²) < 4.78 is 5.67. The maximum Gasteiger partial charge on any atom is 0.339 e. The van der Waals surface area contributed by atoms with Crippen molar-refractivity contribution in [2.45, 2.75) is 40.7 Å². The first kappa shape index (κ1) is 19.7. The summed E-state index contributed by atoms with van der Waals surface area (Å²) in [6.45, 7) is 10.8. The van der Waals surface area contributed by atoms with Gasteiger partial charge in [0, 0.05) is 13.6 Å². The van der Waals surface area contributed by atoms with E-state index in [2.05, 4.69) is 11.9 Å². The van der Waals surface area contributed by atoms with Crippen molar-refractivity contribution in [2.24, 2.45) is 4.99 Å². The van der Waals surface area contributed by atoms with Crippen LogP contribution in [0.15, 0.2) is 41.4 Å². The first-order valence-electron chi connectivity index (χ1n) is 8.95. The Morgan fingerprint density at radius 3 is 2.42 bits per heavy atom. The highest BCUT2D eigenvalue weighted by Gasteiger charge is 2.17. The van der Waals surface area contributed by atoms with E-state index >= 15 is 0 Å². The highest BCUT2D eigenvalue weighted by molar-refractivity contribution is 5.92. The fourth-order valence-electron chi connectivity index (χ4n) is 2.53. The third-order valence-corrected chi connectivity index (χ3v) is 4.49. The fourth-order valence-corrected chi connectivity index (χ4v) is 2.53. The summed E-state index contributed by atoms with van der Waals surface area (Å²) in [5, 5.41) is 0. The first-order chi connectivity index (χ1) is 12.3. The number of ether oxygens (including phenoxy) is 1. The number of aryl methyl sites for hydroxylation is 3. The number of benzene rings is 2. The molecular weight excluding hydrogens is 324 g/mol. The third-order valence-electron chi connectivity index (χ3n) is 4.49. The van der Waals surface area contributed by atoms with Crippen LogP contribution in [0.3, 0.4) is 0 Å². The predicted molar refractivity (Wildman–Crippen MR) is 107 cm³/mol. The summed E-state index contributed by atoms with van der Waals surface area (Å²) >= 11 is 0. The Hall–Kier alpha value is -2.62. The zero-order valence-electron chi connectivity index (χ0n) is 16.5. The van der Waals surface area contributed by atoms with Crippen LogP contribution in [-0.2, 0) is 4.74 Å². The van der Waals surface area contributed by atoms with Crippen molar-refractivity contribution >= 4 is 18.0 Å². The van der Waals surface area contributed by atoms with Gasteiger partial charge in [-0.15, -0.1) is 0 Å². The second-order valence-corrected chi connectivity index (χ2v) is 6.73. The maximum absolute atomic E-state index is 12.6. The summed E-state index contributed by atoms with van der Waals surface area (Å²) in [6, 6.07) is 11.8. The molecule has 0 aliphatic rings. The molecule has 0 N–H and O–H groups in total. The van der Waals surface area contributed by atoms with Crippen LogP contribution in [0.2, 0.25) is 0 Å². The summed E-state index contributed by atoms with van der Waals surface area (Å²) in [6.07, 6.45) is 1.51. The number of aliphatic imine (C=N–C) groups is 1. The van der Waals surface area contributed by atoms with Crippen molar-refractivity contribution < 1.29 is 9.53 Å². The molecule has 0 aromatic heterocycles. The Balaban J connectivity index is 2.17. The quantitative estimate of drug-likeness (QED) is 0.410. The molecule has 2 aromatic carbocycles. The molecule has 0 amide bonds. The Morgan fingerprint density at radius 1 is 1.15 bits per heavy atom. The Morgan fingerprint density at radius 2 is 1.81 bits per heavy atom. The number of hydrogen-bond acceptors (Lipinski definition) is 3. The van der Waals surface area contributed by atoms with Crippen molar-refractivity contribution in [3.8, 4) is 0 Å². The molecule has 0 fully saturated rings. The fraction of sp³-hybridized carbons (Fsp3) is 0.364. The largest absolute Gasteiger partial charge is 0.454 e. The van der Waals surface area contributed by atoms with Gasteiger partial charge in [-0.3, -0.25) is 0 Å². The van der Waals surface area contributed by atoms with E-state index in [9.17, 15) is 4.79 Å². The second-order valence-electron chi connectivity index (χ2n) is 6.73. The predicted octanol–water partition coefficient (Wildman–Crippen LogP) is 5.14. The Bertz CT molecular complexity index is 795. The summed E-state index contributed by atoms with van der Waals surface area (Å²) in [5.74, 6) is -0.306. The molecule has 0 radical (unpaired) electrons. The normalized spacial score (nSPS) is 12.2. The van der Waals surface area contributed by atoms with Crippen LogP contribution < -0.4 is 0 Å². The number of hydrogen-bond donors (Lipinski definition) is 0. The molecular formula is C22H28N2O2. The average Bonchev–Trinajstić information content (AvgIpc) is 2.62. The summed E-state index contributed by atoms with van der Waals surface area (Å²) in [4.78, 5) is 19.1. The molecule has 1 atom stereocenters. The molecule has 26 heavy (non-hydrogen) atoms. The maximum atomic E-state index is 12.6. The highest BCUT2D eigenvalue weighted by atomic mass is 16.5. The Labute approximate surface area is 156 Å². The molecule has 0 saturated heterocycles. The van der Waals surface area contributed by atoms with Gasteiger partial charge in [0.05, 0.1) is 17.6 Å². The van der Waals surface area contributed by atoms with E-state index in [0.29, 0.717) is 5.56 Å². The van der Waals surface area contributed by atoms with Gasteiger partial charge >= 0.3 is 5.97 Å². The molecule has 0 heterocycles. The number of esters is 1. The number of carbonyl (C=O) groups excluding carboxylic acids is 1. The SMILES string of the molecule is CCN(C)/C=N/c1cc(C)c(C(=O)O[C@H](C)c2ccc(C)cc2)cc1C. The van der Waals surface area contributed by atoms with Gasteiger partial charge in [-0.05, 0) is 63.4 Å². The number of nitrogens with zero attached hydrogens (tertiary/aromatic N) is 2. The molecule has 4 heteroatoms. The van der Waals surface area contributed by atoms with Crippen molar-refractivity contribution in [3.63, 3.8) is 0 Å². The standard InChI is InChI=1S/C22H28N2O2/c1-7-24(6)14-23-21-13-16(3)20(12-17(21)4)22(25)26-18(5)19-10-8-15(2)9-11-19/h8-14,18H,7H2,1-6H3/b23-14+/t18-/m1/s1. The Kier molecular flexibility index (Phi) is 6.56. The van der Waals surface area contributed by atoms with Crippen LogP contribution in [0.4, 0.5) is 5.69 Å². The lowest BCUT2D eigenvalue weighted by molar-refractivity contribution is 0.0337. The van der Waals surface area contributed by atoms with Gasteiger partial charge in [0.15, 0.2) is 0 Å². The van der Waals surface area contributed by atoms with Crippen LogP contribution in [-0.4, -0.2) is 30.8 Å². The zero-order chi connectivity index (χ0) is 19.3. The van der Waals surface area contributed by atoms with Gasteiger partial charge in [-0.25, -0.2) is 9.79 Å². The lowest BCUT2D eigenvalue weighted by Gasteiger charge is -2.16. The smallest absolute Gasteiger partial charge is 0.339 e. The van der Waals surface area contributed by atoms with Crippen molar-refractivity contribution in [1.29, 1.82) is 0 Å². The summed E-state index contributed by atoms with van der Waals surface area (Å²) in [7, 11) is 1.98. The van der Waals surface area contributed by atoms with E-state index in [4.69, 9.17) is 4.74 Å². The van der Waals surface area contributed by atoms with Gasteiger partial charge in [-0.2, -0.15) is 0 Å². The molecule has 2 aromatic rings. The molecule has 0 spiro atoms. The number of carbonyl (C=O) groups is 1. The van der Waals surface area contributed by atoms with E-state index < -0.39 is 0 Å².